The molecule has 0 bridgehead atoms. The van der Waals surface area contributed by atoms with Gasteiger partial charge in [-0.15, -0.1) is 0 Å². The van der Waals surface area contributed by atoms with Crippen molar-refractivity contribution in [2.45, 2.75) is 64.8 Å². The summed E-state index contributed by atoms with van der Waals surface area (Å²) in [5.41, 5.74) is 1.96. The third-order valence-electron chi connectivity index (χ3n) is 8.37. The molecule has 4 aliphatic heterocycles. The number of benzene rings is 1. The van der Waals surface area contributed by atoms with E-state index < -0.39 is 23.4 Å². The van der Waals surface area contributed by atoms with Gasteiger partial charge in [-0.05, 0) is 57.4 Å². The largest absolute Gasteiger partial charge is 0.444 e. The molecule has 3 fully saturated rings. The molecule has 41 heavy (non-hydrogen) atoms. The summed E-state index contributed by atoms with van der Waals surface area (Å²) in [5.74, 6) is -1.47. The number of likely N-dealkylation sites (tertiary alicyclic amines) is 2. The van der Waals surface area contributed by atoms with Crippen LogP contribution in [0.15, 0.2) is 30.5 Å². The fourth-order valence-corrected chi connectivity index (χ4v) is 6.46. The van der Waals surface area contributed by atoms with Gasteiger partial charge < -0.3 is 14.5 Å². The molecule has 0 saturated carbocycles. The van der Waals surface area contributed by atoms with Crippen molar-refractivity contribution in [2.24, 2.45) is 5.41 Å². The molecule has 1 atom stereocenters. The van der Waals surface area contributed by atoms with Crippen LogP contribution in [0.5, 0.6) is 0 Å². The first-order valence-corrected chi connectivity index (χ1v) is 14.0. The number of hydrogen-bond donors (Lipinski definition) is 1. The van der Waals surface area contributed by atoms with E-state index in [4.69, 9.17) is 4.74 Å². The summed E-state index contributed by atoms with van der Waals surface area (Å²) in [6.07, 6.45) is 2.68. The summed E-state index contributed by atoms with van der Waals surface area (Å²) in [5, 5.41) is 2.30. The molecular formula is C30H34FN5O5. The smallest absolute Gasteiger partial charge is 0.410 e. The molecule has 3 saturated heterocycles. The predicted octanol–water partition coefficient (Wildman–Crippen LogP) is 3.09. The second-order valence-electron chi connectivity index (χ2n) is 12.7. The van der Waals surface area contributed by atoms with Crippen molar-refractivity contribution in [3.05, 3.63) is 53.0 Å². The van der Waals surface area contributed by atoms with E-state index in [2.05, 4.69) is 15.2 Å². The van der Waals surface area contributed by atoms with Crippen molar-refractivity contribution in [3.63, 3.8) is 0 Å². The lowest BCUT2D eigenvalue weighted by Gasteiger charge is -2.48. The van der Waals surface area contributed by atoms with Gasteiger partial charge in [0, 0.05) is 74.0 Å². The average Bonchev–Trinajstić information content (AvgIpc) is 3.46. The Hall–Kier alpha value is -3.86. The quantitative estimate of drug-likeness (QED) is 0.569. The van der Waals surface area contributed by atoms with E-state index in [9.17, 15) is 19.2 Å². The maximum absolute atomic E-state index is 15.7. The van der Waals surface area contributed by atoms with E-state index in [1.807, 2.05) is 20.8 Å². The lowest BCUT2D eigenvalue weighted by Crippen LogP contribution is -2.57. The Kier molecular flexibility index (Phi) is 6.60. The summed E-state index contributed by atoms with van der Waals surface area (Å²) in [6, 6.07) is 6.08. The number of carbonyl (C=O) groups excluding carboxylic acids is 4. The van der Waals surface area contributed by atoms with Gasteiger partial charge in [-0.3, -0.25) is 29.6 Å². The lowest BCUT2D eigenvalue weighted by molar-refractivity contribution is -0.136. The van der Waals surface area contributed by atoms with Crippen LogP contribution in [0.1, 0.15) is 61.5 Å². The maximum Gasteiger partial charge on any atom is 0.410 e. The first-order valence-electron chi connectivity index (χ1n) is 14.0. The van der Waals surface area contributed by atoms with Gasteiger partial charge in [0.25, 0.3) is 5.91 Å². The average molecular weight is 564 g/mol. The van der Waals surface area contributed by atoms with Crippen molar-refractivity contribution in [2.75, 3.05) is 26.2 Å². The van der Waals surface area contributed by atoms with Crippen LogP contribution in [-0.2, 0) is 27.4 Å². The number of rotatable bonds is 4. The van der Waals surface area contributed by atoms with Crippen LogP contribution >= 0.6 is 0 Å². The number of aromatic nitrogens is 1. The van der Waals surface area contributed by atoms with Gasteiger partial charge in [0.15, 0.2) is 5.82 Å². The second kappa shape index (κ2) is 9.90. The zero-order chi connectivity index (χ0) is 29.1. The highest BCUT2D eigenvalue weighted by Gasteiger charge is 2.49. The Morgan fingerprint density at radius 2 is 1.95 bits per heavy atom. The lowest BCUT2D eigenvalue weighted by atomic mass is 9.79. The minimum Gasteiger partial charge on any atom is -0.444 e. The molecule has 216 valence electrons. The summed E-state index contributed by atoms with van der Waals surface area (Å²) >= 11 is 0. The Morgan fingerprint density at radius 1 is 1.17 bits per heavy atom. The number of carbonyl (C=O) groups is 4. The third kappa shape index (κ3) is 5.18. The van der Waals surface area contributed by atoms with Crippen molar-refractivity contribution >= 4 is 23.8 Å². The number of piperidine rings is 1. The van der Waals surface area contributed by atoms with Gasteiger partial charge in [-0.2, -0.15) is 0 Å². The van der Waals surface area contributed by atoms with Crippen molar-refractivity contribution in [3.8, 4) is 11.3 Å². The van der Waals surface area contributed by atoms with Gasteiger partial charge in [0.2, 0.25) is 11.8 Å². The van der Waals surface area contributed by atoms with Crippen LogP contribution in [0.25, 0.3) is 11.3 Å². The van der Waals surface area contributed by atoms with E-state index in [-0.39, 0.29) is 48.4 Å². The van der Waals surface area contributed by atoms with Crippen LogP contribution in [0, 0.1) is 11.2 Å². The molecule has 1 N–H and O–H groups in total. The molecule has 0 radical (unpaired) electrons. The first kappa shape index (κ1) is 27.3. The normalized spacial score (nSPS) is 22.1. The molecule has 5 heterocycles. The number of hydrogen-bond acceptors (Lipinski definition) is 7. The second-order valence-corrected chi connectivity index (χ2v) is 12.7. The molecule has 4 aliphatic rings. The number of nitrogens with zero attached hydrogens (tertiary/aromatic N) is 4. The number of amides is 4. The zero-order valence-corrected chi connectivity index (χ0v) is 23.5. The van der Waals surface area contributed by atoms with Gasteiger partial charge in [-0.25, -0.2) is 9.18 Å². The van der Waals surface area contributed by atoms with Crippen LogP contribution < -0.4 is 5.32 Å². The predicted molar refractivity (Wildman–Crippen MR) is 146 cm³/mol. The Labute approximate surface area is 237 Å². The van der Waals surface area contributed by atoms with Crippen molar-refractivity contribution < 1.29 is 28.3 Å². The fourth-order valence-electron chi connectivity index (χ4n) is 6.46. The molecule has 2 aromatic rings. The van der Waals surface area contributed by atoms with E-state index >= 15 is 4.39 Å². The zero-order valence-electron chi connectivity index (χ0n) is 23.5. The molecule has 11 heteroatoms. The summed E-state index contributed by atoms with van der Waals surface area (Å²) in [6.45, 7) is 9.09. The summed E-state index contributed by atoms with van der Waals surface area (Å²) < 4.78 is 21.3. The Balaban J connectivity index is 1.11. The fraction of sp³-hybridized carbons (Fsp3) is 0.500. The molecule has 1 aromatic carbocycles. The monoisotopic (exact) mass is 563 g/mol. The number of imide groups is 1. The Bertz CT molecular complexity index is 1450. The SMILES string of the molecule is CC(C)(C)OC(=O)N1CCC2(CN(Cc3ccnc(-c4ccc5c(c4)CN(C4CCC(=O)NC4=O)C5=O)c3F)C2)C1. The van der Waals surface area contributed by atoms with Gasteiger partial charge >= 0.3 is 6.09 Å². The molecule has 10 nitrogen and oxygen atoms in total. The van der Waals surface area contributed by atoms with E-state index in [0.717, 1.165) is 19.5 Å². The minimum absolute atomic E-state index is 0.0180. The number of fused-ring (bicyclic) bond motifs is 1. The molecule has 4 amide bonds. The Morgan fingerprint density at radius 3 is 2.68 bits per heavy atom. The number of halogens is 1. The molecule has 1 spiro atoms. The maximum atomic E-state index is 15.7. The van der Waals surface area contributed by atoms with Crippen molar-refractivity contribution in [1.29, 1.82) is 0 Å². The highest BCUT2D eigenvalue weighted by molar-refractivity contribution is 6.05. The molecule has 6 rings (SSSR count). The van der Waals surface area contributed by atoms with E-state index in [1.54, 1.807) is 35.4 Å². The molecule has 1 aromatic heterocycles. The molecular weight excluding hydrogens is 529 g/mol. The number of pyridine rings is 1. The molecule has 1 unspecified atom stereocenters. The van der Waals surface area contributed by atoms with Gasteiger partial charge in [0.05, 0.1) is 0 Å². The first-order chi connectivity index (χ1) is 19.4. The molecule has 0 aliphatic carbocycles. The number of ether oxygens (including phenoxy) is 1. The number of nitrogens with one attached hydrogen (secondary N) is 1. The van der Waals surface area contributed by atoms with Crippen LogP contribution in [0.2, 0.25) is 0 Å². The standard InChI is InChI=1S/C30H34FN5O5/c1-29(2,3)41-28(40)35-11-9-30(17-35)15-34(16-30)13-19-8-10-32-25(24(19)31)18-4-5-21-20(12-18)14-36(27(21)39)22-6-7-23(37)33-26(22)38/h4-5,8,10,12,22H,6-7,9,11,13-17H2,1-3H3,(H,33,37,38). The third-order valence-corrected chi connectivity index (χ3v) is 8.37. The van der Waals surface area contributed by atoms with Crippen LogP contribution in [-0.4, -0.2) is 81.3 Å². The highest BCUT2D eigenvalue weighted by atomic mass is 19.1. The van der Waals surface area contributed by atoms with Gasteiger partial charge in [0.1, 0.15) is 17.3 Å². The van der Waals surface area contributed by atoms with Crippen LogP contribution in [0.3, 0.4) is 0 Å². The summed E-state index contributed by atoms with van der Waals surface area (Å²) in [7, 11) is 0. The topological polar surface area (TPSA) is 112 Å². The van der Waals surface area contributed by atoms with Crippen molar-refractivity contribution in [1.82, 2.24) is 25.0 Å². The highest BCUT2D eigenvalue weighted by Crippen LogP contribution is 2.41. The van der Waals surface area contributed by atoms with Crippen LogP contribution in [0.4, 0.5) is 9.18 Å². The minimum atomic E-state index is -0.704. The summed E-state index contributed by atoms with van der Waals surface area (Å²) in [4.78, 5) is 59.1. The van der Waals surface area contributed by atoms with Gasteiger partial charge in [-0.1, -0.05) is 6.07 Å². The van der Waals surface area contributed by atoms with E-state index in [0.29, 0.717) is 41.9 Å². The van der Waals surface area contributed by atoms with E-state index in [1.165, 1.54) is 4.90 Å².